The quantitative estimate of drug-likeness (QED) is 0.223. The summed E-state index contributed by atoms with van der Waals surface area (Å²) in [4.78, 5) is 0. The minimum atomic E-state index is 0.161. The van der Waals surface area contributed by atoms with Gasteiger partial charge in [0, 0.05) is 25.7 Å². The average molecular weight is 309 g/mol. The van der Waals surface area contributed by atoms with Gasteiger partial charge in [-0.05, 0) is 19.3 Å². The lowest BCUT2D eigenvalue weighted by atomic mass is 10.1. The molecule has 0 aromatic rings. The summed E-state index contributed by atoms with van der Waals surface area (Å²) >= 11 is 0. The van der Waals surface area contributed by atoms with Gasteiger partial charge in [-0.2, -0.15) is 0 Å². The van der Waals surface area contributed by atoms with Gasteiger partial charge in [-0.1, -0.05) is 58.8 Å². The van der Waals surface area contributed by atoms with Crippen molar-refractivity contribution in [3.05, 3.63) is 11.5 Å². The number of rotatable bonds is 13. The highest BCUT2D eigenvalue weighted by Crippen LogP contribution is 2.14. The van der Waals surface area contributed by atoms with Crippen LogP contribution in [0.1, 0.15) is 104 Å². The van der Waals surface area contributed by atoms with Gasteiger partial charge in [0.15, 0.2) is 0 Å². The van der Waals surface area contributed by atoms with E-state index in [2.05, 4.69) is 25.7 Å². The van der Waals surface area contributed by atoms with Gasteiger partial charge in [-0.25, -0.2) is 0 Å². The van der Waals surface area contributed by atoms with Crippen LogP contribution in [0.3, 0.4) is 0 Å². The molecule has 0 aromatic heterocycles. The van der Waals surface area contributed by atoms with Crippen molar-refractivity contribution in [2.75, 3.05) is 0 Å². The van der Waals surface area contributed by atoms with Crippen LogP contribution >= 0.6 is 0 Å². The molecule has 0 saturated carbocycles. The number of hydrogen-bond acceptors (Lipinski definition) is 2. The monoisotopic (exact) mass is 308 g/mol. The molecule has 0 spiro atoms. The van der Waals surface area contributed by atoms with Gasteiger partial charge in [-0.15, -0.1) is 11.8 Å². The third-order valence-electron chi connectivity index (χ3n) is 3.85. The predicted octanol–water partition coefficient (Wildman–Crippen LogP) is 6.82. The first-order chi connectivity index (χ1) is 10.7. The Bertz CT molecular complexity index is 333. The van der Waals surface area contributed by atoms with Crippen molar-refractivity contribution in [2.24, 2.45) is 0 Å². The zero-order valence-corrected chi connectivity index (χ0v) is 14.8. The predicted molar refractivity (Wildman–Crippen MR) is 96.0 cm³/mol. The van der Waals surface area contributed by atoms with E-state index in [1.165, 1.54) is 38.5 Å². The SMILES string of the molecule is CCCCCCCCC#CCCCC(O)=C(O)CCCCC. The standard InChI is InChI=1S/C20H36O2/c1-3-5-7-8-9-10-11-12-13-14-16-18-20(22)19(21)17-15-6-4-2/h21-22H,3-11,14-18H2,1-2H3. The van der Waals surface area contributed by atoms with E-state index in [4.69, 9.17) is 0 Å². The molecular weight excluding hydrogens is 272 g/mol. The van der Waals surface area contributed by atoms with Gasteiger partial charge in [0.25, 0.3) is 0 Å². The van der Waals surface area contributed by atoms with E-state index < -0.39 is 0 Å². The van der Waals surface area contributed by atoms with Crippen LogP contribution in [0.2, 0.25) is 0 Å². The maximum Gasteiger partial charge on any atom is 0.130 e. The lowest BCUT2D eigenvalue weighted by Crippen LogP contribution is -1.92. The Kier molecular flexibility index (Phi) is 15.5. The Morgan fingerprint density at radius 3 is 1.68 bits per heavy atom. The third kappa shape index (κ3) is 13.9. The molecule has 0 unspecified atom stereocenters. The van der Waals surface area contributed by atoms with E-state index in [-0.39, 0.29) is 11.5 Å². The largest absolute Gasteiger partial charge is 0.509 e. The van der Waals surface area contributed by atoms with Crippen molar-refractivity contribution in [2.45, 2.75) is 104 Å². The lowest BCUT2D eigenvalue weighted by molar-refractivity contribution is 0.294. The second kappa shape index (κ2) is 16.3. The van der Waals surface area contributed by atoms with Gasteiger partial charge in [-0.3, -0.25) is 0 Å². The summed E-state index contributed by atoms with van der Waals surface area (Å²) < 4.78 is 0. The van der Waals surface area contributed by atoms with Crippen molar-refractivity contribution in [3.8, 4) is 11.8 Å². The Hall–Kier alpha value is -1.10. The fourth-order valence-corrected chi connectivity index (χ4v) is 2.35. The summed E-state index contributed by atoms with van der Waals surface area (Å²) in [5, 5.41) is 19.4. The minimum Gasteiger partial charge on any atom is -0.509 e. The smallest absolute Gasteiger partial charge is 0.130 e. The zero-order chi connectivity index (χ0) is 16.5. The van der Waals surface area contributed by atoms with E-state index in [1.807, 2.05) is 0 Å². The number of hydrogen-bond donors (Lipinski definition) is 2. The van der Waals surface area contributed by atoms with Crippen molar-refractivity contribution < 1.29 is 10.2 Å². The molecule has 0 radical (unpaired) electrons. The summed E-state index contributed by atoms with van der Waals surface area (Å²) in [7, 11) is 0. The molecule has 2 nitrogen and oxygen atoms in total. The highest BCUT2D eigenvalue weighted by molar-refractivity contribution is 5.02. The van der Waals surface area contributed by atoms with E-state index >= 15 is 0 Å². The van der Waals surface area contributed by atoms with Crippen LogP contribution in [-0.2, 0) is 0 Å². The summed E-state index contributed by atoms with van der Waals surface area (Å²) in [5.74, 6) is 6.72. The van der Waals surface area contributed by atoms with E-state index in [9.17, 15) is 10.2 Å². The Balaban J connectivity index is 3.55. The number of aliphatic hydroxyl groups is 2. The van der Waals surface area contributed by atoms with Crippen LogP contribution in [0.5, 0.6) is 0 Å². The maximum absolute atomic E-state index is 9.74. The number of aliphatic hydroxyl groups excluding tert-OH is 2. The second-order valence-electron chi connectivity index (χ2n) is 6.08. The van der Waals surface area contributed by atoms with Crippen molar-refractivity contribution in [1.29, 1.82) is 0 Å². The zero-order valence-electron chi connectivity index (χ0n) is 14.8. The summed E-state index contributed by atoms with van der Waals surface area (Å²) in [6.07, 6.45) is 14.8. The molecule has 0 heterocycles. The highest BCUT2D eigenvalue weighted by atomic mass is 16.3. The lowest BCUT2D eigenvalue weighted by Gasteiger charge is -2.03. The summed E-state index contributed by atoms with van der Waals surface area (Å²) in [5.41, 5.74) is 0. The first-order valence-electron chi connectivity index (χ1n) is 9.28. The molecule has 128 valence electrons. The molecule has 0 rings (SSSR count). The number of unbranched alkanes of at least 4 members (excludes halogenated alkanes) is 9. The first-order valence-corrected chi connectivity index (χ1v) is 9.28. The summed E-state index contributed by atoms with van der Waals surface area (Å²) in [6, 6.07) is 0. The molecule has 0 bridgehead atoms. The van der Waals surface area contributed by atoms with Gasteiger partial charge in [0.05, 0.1) is 0 Å². The van der Waals surface area contributed by atoms with Gasteiger partial charge in [0.1, 0.15) is 11.5 Å². The molecule has 22 heavy (non-hydrogen) atoms. The van der Waals surface area contributed by atoms with Crippen LogP contribution in [0.25, 0.3) is 0 Å². The van der Waals surface area contributed by atoms with Crippen molar-refractivity contribution >= 4 is 0 Å². The van der Waals surface area contributed by atoms with Crippen molar-refractivity contribution in [3.63, 3.8) is 0 Å². The van der Waals surface area contributed by atoms with Crippen LogP contribution in [-0.4, -0.2) is 10.2 Å². The Morgan fingerprint density at radius 2 is 1.05 bits per heavy atom. The maximum atomic E-state index is 9.74. The normalized spacial score (nSPS) is 11.7. The molecule has 0 aliphatic carbocycles. The number of allylic oxidation sites excluding steroid dienone is 2. The molecule has 0 aliphatic heterocycles. The Labute approximate surface area is 138 Å². The minimum absolute atomic E-state index is 0.161. The van der Waals surface area contributed by atoms with Gasteiger partial charge < -0.3 is 10.2 Å². The van der Waals surface area contributed by atoms with E-state index in [1.54, 1.807) is 0 Å². The van der Waals surface area contributed by atoms with Crippen LogP contribution in [0.15, 0.2) is 11.5 Å². The Morgan fingerprint density at radius 1 is 0.591 bits per heavy atom. The molecule has 0 atom stereocenters. The molecule has 0 amide bonds. The third-order valence-corrected chi connectivity index (χ3v) is 3.85. The molecule has 0 aromatic carbocycles. The van der Waals surface area contributed by atoms with E-state index in [0.29, 0.717) is 12.8 Å². The summed E-state index contributed by atoms with van der Waals surface area (Å²) in [6.45, 7) is 4.37. The van der Waals surface area contributed by atoms with Gasteiger partial charge >= 0.3 is 0 Å². The topological polar surface area (TPSA) is 40.5 Å². The highest BCUT2D eigenvalue weighted by Gasteiger charge is 2.02. The van der Waals surface area contributed by atoms with Crippen LogP contribution < -0.4 is 0 Å². The van der Waals surface area contributed by atoms with Crippen molar-refractivity contribution in [1.82, 2.24) is 0 Å². The van der Waals surface area contributed by atoms with Crippen LogP contribution in [0, 0.1) is 11.8 Å². The molecule has 0 fully saturated rings. The molecule has 2 N–H and O–H groups in total. The molecule has 0 aliphatic rings. The first kappa shape index (κ1) is 20.9. The molecule has 2 heteroatoms. The fraction of sp³-hybridized carbons (Fsp3) is 0.800. The fourth-order valence-electron chi connectivity index (χ4n) is 2.35. The van der Waals surface area contributed by atoms with Crippen LogP contribution in [0.4, 0.5) is 0 Å². The van der Waals surface area contributed by atoms with Gasteiger partial charge in [0.2, 0.25) is 0 Å². The average Bonchev–Trinajstić information content (AvgIpc) is 2.52. The second-order valence-corrected chi connectivity index (χ2v) is 6.08. The molecule has 0 saturated heterocycles. The van der Waals surface area contributed by atoms with E-state index in [0.717, 1.165) is 38.5 Å². The molecular formula is C20H36O2.